The predicted octanol–water partition coefficient (Wildman–Crippen LogP) is 3.07. The molecule has 0 heterocycles. The molecule has 0 amide bonds. The van der Waals surface area contributed by atoms with E-state index in [4.69, 9.17) is 5.26 Å². The van der Waals surface area contributed by atoms with Crippen LogP contribution in [0.4, 0.5) is 0 Å². The van der Waals surface area contributed by atoms with Gasteiger partial charge >= 0.3 is 0 Å². The summed E-state index contributed by atoms with van der Waals surface area (Å²) in [7, 11) is 0. The van der Waals surface area contributed by atoms with Crippen molar-refractivity contribution in [1.82, 2.24) is 0 Å². The Labute approximate surface area is 70.4 Å². The van der Waals surface area contributed by atoms with Gasteiger partial charge in [-0.3, -0.25) is 0 Å². The summed E-state index contributed by atoms with van der Waals surface area (Å²) in [4.78, 5) is 0. The highest BCUT2D eigenvalue weighted by molar-refractivity contribution is 4.85. The zero-order chi connectivity index (χ0) is 9.02. The SMILES string of the molecule is CC(C)C(C)C(C)C(C)C#N. The van der Waals surface area contributed by atoms with Gasteiger partial charge in [-0.2, -0.15) is 5.26 Å². The van der Waals surface area contributed by atoms with E-state index in [1.165, 1.54) is 0 Å². The standard InChI is InChI=1S/C10H19N/c1-7(2)9(4)10(5)8(3)6-11/h7-10H,1-5H3. The molecule has 1 nitrogen and oxygen atoms in total. The minimum Gasteiger partial charge on any atom is -0.198 e. The van der Waals surface area contributed by atoms with E-state index in [9.17, 15) is 0 Å². The molecule has 11 heavy (non-hydrogen) atoms. The van der Waals surface area contributed by atoms with E-state index < -0.39 is 0 Å². The van der Waals surface area contributed by atoms with Crippen molar-refractivity contribution in [2.45, 2.75) is 34.6 Å². The van der Waals surface area contributed by atoms with Crippen molar-refractivity contribution in [3.8, 4) is 6.07 Å². The Morgan fingerprint density at radius 2 is 1.36 bits per heavy atom. The summed E-state index contributed by atoms with van der Waals surface area (Å²) >= 11 is 0. The maximum Gasteiger partial charge on any atom is 0.0655 e. The third-order valence-electron chi connectivity index (χ3n) is 2.87. The second kappa shape index (κ2) is 4.38. The van der Waals surface area contributed by atoms with E-state index in [0.29, 0.717) is 17.8 Å². The number of hydrogen-bond donors (Lipinski definition) is 0. The summed E-state index contributed by atoms with van der Waals surface area (Å²) in [5.74, 6) is 2.03. The van der Waals surface area contributed by atoms with Gasteiger partial charge in [-0.25, -0.2) is 0 Å². The highest BCUT2D eigenvalue weighted by Crippen LogP contribution is 2.25. The summed E-state index contributed by atoms with van der Waals surface area (Å²) in [5, 5.41) is 8.69. The fourth-order valence-electron chi connectivity index (χ4n) is 1.18. The van der Waals surface area contributed by atoms with Crippen molar-refractivity contribution in [2.75, 3.05) is 0 Å². The fraction of sp³-hybridized carbons (Fsp3) is 0.900. The fourth-order valence-corrected chi connectivity index (χ4v) is 1.18. The topological polar surface area (TPSA) is 23.8 Å². The first-order valence-corrected chi connectivity index (χ1v) is 4.40. The highest BCUT2D eigenvalue weighted by atomic mass is 14.3. The molecule has 3 atom stereocenters. The number of hydrogen-bond acceptors (Lipinski definition) is 1. The molecular weight excluding hydrogens is 134 g/mol. The molecule has 0 saturated heterocycles. The molecule has 0 aromatic carbocycles. The minimum absolute atomic E-state index is 0.187. The lowest BCUT2D eigenvalue weighted by molar-refractivity contribution is 0.255. The van der Waals surface area contributed by atoms with E-state index in [1.54, 1.807) is 0 Å². The van der Waals surface area contributed by atoms with Gasteiger partial charge in [0.2, 0.25) is 0 Å². The summed E-state index contributed by atoms with van der Waals surface area (Å²) in [6, 6.07) is 2.30. The molecule has 0 spiro atoms. The van der Waals surface area contributed by atoms with Crippen LogP contribution in [0.3, 0.4) is 0 Å². The monoisotopic (exact) mass is 153 g/mol. The van der Waals surface area contributed by atoms with Gasteiger partial charge in [0.25, 0.3) is 0 Å². The molecule has 3 unspecified atom stereocenters. The Morgan fingerprint density at radius 3 is 1.64 bits per heavy atom. The first-order chi connectivity index (χ1) is 5.00. The quantitative estimate of drug-likeness (QED) is 0.611. The average Bonchev–Trinajstić information content (AvgIpc) is 2.00. The zero-order valence-corrected chi connectivity index (χ0v) is 8.26. The minimum atomic E-state index is 0.187. The van der Waals surface area contributed by atoms with Crippen LogP contribution >= 0.6 is 0 Å². The maximum absolute atomic E-state index is 8.69. The van der Waals surface area contributed by atoms with Crippen LogP contribution in [0.2, 0.25) is 0 Å². The smallest absolute Gasteiger partial charge is 0.0655 e. The van der Waals surface area contributed by atoms with Crippen LogP contribution in [0.1, 0.15) is 34.6 Å². The number of nitriles is 1. The molecule has 0 aliphatic carbocycles. The van der Waals surface area contributed by atoms with Crippen molar-refractivity contribution in [3.05, 3.63) is 0 Å². The average molecular weight is 153 g/mol. The van der Waals surface area contributed by atoms with Crippen LogP contribution in [0, 0.1) is 35.0 Å². The molecule has 1 heteroatoms. The van der Waals surface area contributed by atoms with Gasteiger partial charge in [0.05, 0.1) is 6.07 Å². The van der Waals surface area contributed by atoms with Crippen molar-refractivity contribution < 1.29 is 0 Å². The summed E-state index contributed by atoms with van der Waals surface area (Å²) in [6.07, 6.45) is 0. The molecule has 0 fully saturated rings. The third-order valence-corrected chi connectivity index (χ3v) is 2.87. The van der Waals surface area contributed by atoms with Gasteiger partial charge in [0.1, 0.15) is 0 Å². The van der Waals surface area contributed by atoms with Gasteiger partial charge < -0.3 is 0 Å². The highest BCUT2D eigenvalue weighted by Gasteiger charge is 2.20. The lowest BCUT2D eigenvalue weighted by Gasteiger charge is -2.24. The molecular formula is C10H19N. The van der Waals surface area contributed by atoms with Gasteiger partial charge in [-0.05, 0) is 24.7 Å². The van der Waals surface area contributed by atoms with Gasteiger partial charge in [0, 0.05) is 5.92 Å². The molecule has 0 aliphatic heterocycles. The normalized spacial score (nSPS) is 19.0. The number of nitrogens with zero attached hydrogens (tertiary/aromatic N) is 1. The second-order valence-electron chi connectivity index (χ2n) is 3.88. The van der Waals surface area contributed by atoms with Crippen LogP contribution in [0.5, 0.6) is 0 Å². The van der Waals surface area contributed by atoms with Crippen molar-refractivity contribution in [3.63, 3.8) is 0 Å². The molecule has 0 radical (unpaired) electrons. The summed E-state index contributed by atoms with van der Waals surface area (Å²) in [6.45, 7) is 10.8. The zero-order valence-electron chi connectivity index (χ0n) is 8.26. The first kappa shape index (κ1) is 10.5. The maximum atomic E-state index is 8.69. The molecule has 0 rings (SSSR count). The Morgan fingerprint density at radius 1 is 0.909 bits per heavy atom. The van der Waals surface area contributed by atoms with E-state index in [2.05, 4.69) is 33.8 Å². The Kier molecular flexibility index (Phi) is 4.18. The van der Waals surface area contributed by atoms with Crippen LogP contribution in [0.25, 0.3) is 0 Å². The Bertz CT molecular complexity index is 143. The molecule has 0 aromatic heterocycles. The van der Waals surface area contributed by atoms with Crippen LogP contribution in [-0.2, 0) is 0 Å². The predicted molar refractivity (Wildman–Crippen MR) is 47.9 cm³/mol. The van der Waals surface area contributed by atoms with Gasteiger partial charge in [-0.1, -0.05) is 27.7 Å². The molecule has 0 saturated carbocycles. The lowest BCUT2D eigenvalue weighted by atomic mass is 9.80. The van der Waals surface area contributed by atoms with Crippen LogP contribution < -0.4 is 0 Å². The van der Waals surface area contributed by atoms with E-state index >= 15 is 0 Å². The number of rotatable bonds is 3. The van der Waals surface area contributed by atoms with Gasteiger partial charge in [-0.15, -0.1) is 0 Å². The second-order valence-corrected chi connectivity index (χ2v) is 3.88. The molecule has 64 valence electrons. The molecule has 0 aromatic rings. The van der Waals surface area contributed by atoms with Crippen molar-refractivity contribution in [1.29, 1.82) is 5.26 Å². The Hall–Kier alpha value is -0.510. The van der Waals surface area contributed by atoms with Gasteiger partial charge in [0.15, 0.2) is 0 Å². The third kappa shape index (κ3) is 2.93. The van der Waals surface area contributed by atoms with E-state index in [0.717, 1.165) is 0 Å². The molecule has 0 N–H and O–H groups in total. The summed E-state index contributed by atoms with van der Waals surface area (Å²) < 4.78 is 0. The Balaban J connectivity index is 4.03. The van der Waals surface area contributed by atoms with E-state index in [-0.39, 0.29) is 5.92 Å². The van der Waals surface area contributed by atoms with E-state index in [1.807, 2.05) is 6.92 Å². The molecule has 0 aliphatic rings. The molecule has 0 bridgehead atoms. The first-order valence-electron chi connectivity index (χ1n) is 4.40. The van der Waals surface area contributed by atoms with Crippen LogP contribution in [0.15, 0.2) is 0 Å². The summed E-state index contributed by atoms with van der Waals surface area (Å²) in [5.41, 5.74) is 0. The lowest BCUT2D eigenvalue weighted by Crippen LogP contribution is -2.19. The largest absolute Gasteiger partial charge is 0.198 e. The van der Waals surface area contributed by atoms with Crippen molar-refractivity contribution >= 4 is 0 Å². The van der Waals surface area contributed by atoms with Crippen LogP contribution in [-0.4, -0.2) is 0 Å². The van der Waals surface area contributed by atoms with Crippen molar-refractivity contribution in [2.24, 2.45) is 23.7 Å².